The van der Waals surface area contributed by atoms with Crippen LogP contribution in [-0.4, -0.2) is 27.8 Å². The van der Waals surface area contributed by atoms with Crippen LogP contribution in [0.5, 0.6) is 0 Å². The first-order valence-corrected chi connectivity index (χ1v) is 10.5. The highest BCUT2D eigenvalue weighted by Crippen LogP contribution is 2.34. The molecule has 2 atom stereocenters. The molecule has 0 unspecified atom stereocenters. The average molecular weight is 406 g/mol. The third kappa shape index (κ3) is 3.95. The molecule has 2 aromatic rings. The van der Waals surface area contributed by atoms with Crippen LogP contribution in [-0.2, 0) is 16.6 Å². The molecule has 0 spiro atoms. The van der Waals surface area contributed by atoms with E-state index in [2.05, 4.69) is 28.1 Å². The average Bonchev–Trinajstić information content (AvgIpc) is 3.03. The topological polar surface area (TPSA) is 37.4 Å². The Balaban J connectivity index is 1.85. The molecule has 3 rings (SSSR count). The third-order valence-electron chi connectivity index (χ3n) is 4.29. The molecule has 0 bridgehead atoms. The number of carbonyl (C=O) groups excluding carboxylic acids is 1. The number of nitrogens with zero attached hydrogens (tertiary/aromatic N) is 1. The van der Waals surface area contributed by atoms with Gasteiger partial charge in [-0.2, -0.15) is 0 Å². The fraction of sp³-hybridized carbons (Fsp3) is 0.316. The molecule has 24 heavy (non-hydrogen) atoms. The van der Waals surface area contributed by atoms with Crippen LogP contribution >= 0.6 is 15.9 Å². The van der Waals surface area contributed by atoms with Gasteiger partial charge in [0.15, 0.2) is 0 Å². The van der Waals surface area contributed by atoms with E-state index >= 15 is 0 Å². The number of carbonyl (C=O) groups is 1. The first kappa shape index (κ1) is 17.4. The monoisotopic (exact) mass is 405 g/mol. The Morgan fingerprint density at radius 2 is 2.04 bits per heavy atom. The van der Waals surface area contributed by atoms with Crippen LogP contribution in [0.3, 0.4) is 0 Å². The highest BCUT2D eigenvalue weighted by molar-refractivity contribution is 9.10. The molecule has 1 aliphatic heterocycles. The minimum atomic E-state index is -0.909. The number of likely N-dealkylation sites (tertiary alicyclic amines) is 1. The van der Waals surface area contributed by atoms with Crippen molar-refractivity contribution in [3.8, 4) is 0 Å². The van der Waals surface area contributed by atoms with Crippen LogP contribution in [0.2, 0.25) is 0 Å². The third-order valence-corrected chi connectivity index (χ3v) is 5.52. The molecule has 1 amide bonds. The zero-order valence-electron chi connectivity index (χ0n) is 13.6. The van der Waals surface area contributed by atoms with Crippen molar-refractivity contribution < 1.29 is 9.00 Å². The van der Waals surface area contributed by atoms with Crippen molar-refractivity contribution in [2.75, 3.05) is 12.8 Å². The maximum Gasteiger partial charge on any atom is 0.254 e. The van der Waals surface area contributed by atoms with Gasteiger partial charge in [0.25, 0.3) is 5.91 Å². The van der Waals surface area contributed by atoms with Gasteiger partial charge in [-0.3, -0.25) is 9.00 Å². The molecule has 1 saturated heterocycles. The molecule has 3 nitrogen and oxygen atoms in total. The van der Waals surface area contributed by atoms with Crippen molar-refractivity contribution in [2.45, 2.75) is 24.6 Å². The van der Waals surface area contributed by atoms with Crippen molar-refractivity contribution in [3.63, 3.8) is 0 Å². The summed E-state index contributed by atoms with van der Waals surface area (Å²) in [6.45, 7) is 0.778. The van der Waals surface area contributed by atoms with Gasteiger partial charge in [0.2, 0.25) is 0 Å². The van der Waals surface area contributed by atoms with Gasteiger partial charge >= 0.3 is 0 Å². The molecule has 1 aliphatic rings. The Hall–Kier alpha value is -1.46. The molecule has 5 heteroatoms. The van der Waals surface area contributed by atoms with E-state index in [4.69, 9.17) is 0 Å². The summed E-state index contributed by atoms with van der Waals surface area (Å²) in [6.07, 6.45) is 3.68. The maximum absolute atomic E-state index is 13.0. The van der Waals surface area contributed by atoms with Crippen LogP contribution in [0.4, 0.5) is 0 Å². The minimum Gasteiger partial charge on any atom is -0.332 e. The summed E-state index contributed by atoms with van der Waals surface area (Å²) in [4.78, 5) is 15.0. The van der Waals surface area contributed by atoms with E-state index < -0.39 is 10.8 Å². The summed E-state index contributed by atoms with van der Waals surface area (Å²) in [7, 11) is -0.909. The lowest BCUT2D eigenvalue weighted by molar-refractivity contribution is 0.0735. The lowest BCUT2D eigenvalue weighted by Gasteiger charge is -2.25. The summed E-state index contributed by atoms with van der Waals surface area (Å²) >= 11 is 3.51. The van der Waals surface area contributed by atoms with Gasteiger partial charge in [-0.05, 0) is 48.2 Å². The minimum absolute atomic E-state index is 0.0567. The predicted molar refractivity (Wildman–Crippen MR) is 101 cm³/mol. The van der Waals surface area contributed by atoms with Crippen molar-refractivity contribution in [2.24, 2.45) is 0 Å². The molecular formula is C19H20BrNO2S. The van der Waals surface area contributed by atoms with Gasteiger partial charge in [-0.15, -0.1) is 0 Å². The van der Waals surface area contributed by atoms with E-state index in [1.165, 1.54) is 5.56 Å². The first-order valence-electron chi connectivity index (χ1n) is 8.00. The van der Waals surface area contributed by atoms with E-state index in [-0.39, 0.29) is 11.9 Å². The zero-order valence-corrected chi connectivity index (χ0v) is 16.0. The smallest absolute Gasteiger partial charge is 0.254 e. The molecule has 0 aromatic heterocycles. The van der Waals surface area contributed by atoms with Gasteiger partial charge < -0.3 is 4.90 Å². The quantitative estimate of drug-likeness (QED) is 0.759. The van der Waals surface area contributed by atoms with Crippen molar-refractivity contribution >= 4 is 32.6 Å². The summed E-state index contributed by atoms with van der Waals surface area (Å²) in [5, 5.41) is 0. The summed E-state index contributed by atoms with van der Waals surface area (Å²) in [6, 6.07) is 15.8. The lowest BCUT2D eigenvalue weighted by Crippen LogP contribution is -2.30. The Labute approximate surface area is 153 Å². The Morgan fingerprint density at radius 1 is 1.25 bits per heavy atom. The second-order valence-electron chi connectivity index (χ2n) is 6.13. The van der Waals surface area contributed by atoms with E-state index in [0.29, 0.717) is 11.3 Å². The van der Waals surface area contributed by atoms with Gasteiger partial charge in [-0.25, -0.2) is 0 Å². The van der Waals surface area contributed by atoms with Gasteiger partial charge in [0, 0.05) is 39.4 Å². The van der Waals surface area contributed by atoms with Gasteiger partial charge in [-0.1, -0.05) is 40.2 Å². The number of hydrogen-bond acceptors (Lipinski definition) is 2. The highest BCUT2D eigenvalue weighted by atomic mass is 79.9. The van der Waals surface area contributed by atoms with Crippen LogP contribution in [0.25, 0.3) is 0 Å². The molecule has 126 valence electrons. The lowest BCUT2D eigenvalue weighted by atomic mass is 10.0. The molecule has 0 saturated carbocycles. The van der Waals surface area contributed by atoms with E-state index in [1.807, 2.05) is 41.3 Å². The number of halogens is 1. The number of hydrogen-bond donors (Lipinski definition) is 0. The summed E-state index contributed by atoms with van der Waals surface area (Å²) in [5.41, 5.74) is 2.79. The Morgan fingerprint density at radius 3 is 2.79 bits per heavy atom. The second kappa shape index (κ2) is 7.62. The van der Waals surface area contributed by atoms with Gasteiger partial charge in [0.1, 0.15) is 0 Å². The summed E-state index contributed by atoms with van der Waals surface area (Å²) < 4.78 is 12.5. The number of amides is 1. The van der Waals surface area contributed by atoms with E-state index in [1.54, 1.807) is 6.26 Å². The van der Waals surface area contributed by atoms with Crippen molar-refractivity contribution in [1.82, 2.24) is 4.90 Å². The maximum atomic E-state index is 13.0. The molecular weight excluding hydrogens is 386 g/mol. The summed E-state index contributed by atoms with van der Waals surface area (Å²) in [5.74, 6) is 0.539. The van der Waals surface area contributed by atoms with Crippen LogP contribution in [0.15, 0.2) is 53.0 Å². The van der Waals surface area contributed by atoms with Crippen molar-refractivity contribution in [3.05, 3.63) is 69.7 Å². The van der Waals surface area contributed by atoms with E-state index in [0.717, 1.165) is 29.4 Å². The first-order chi connectivity index (χ1) is 11.5. The molecule has 0 aliphatic carbocycles. The van der Waals surface area contributed by atoms with E-state index in [9.17, 15) is 9.00 Å². The van der Waals surface area contributed by atoms with Crippen LogP contribution in [0, 0.1) is 0 Å². The Kier molecular flexibility index (Phi) is 5.51. The highest BCUT2D eigenvalue weighted by Gasteiger charge is 2.30. The van der Waals surface area contributed by atoms with Gasteiger partial charge in [0.05, 0.1) is 6.04 Å². The molecule has 2 aromatic carbocycles. The number of rotatable bonds is 4. The molecule has 0 N–H and O–H groups in total. The second-order valence-corrected chi connectivity index (χ2v) is 8.48. The molecule has 1 fully saturated rings. The van der Waals surface area contributed by atoms with Crippen LogP contribution in [0.1, 0.15) is 40.4 Å². The zero-order chi connectivity index (χ0) is 17.1. The Bertz CT molecular complexity index is 777. The largest absolute Gasteiger partial charge is 0.332 e. The standard InChI is InChI=1S/C19H20BrNO2S/c1-24(23)13-14-5-2-7-16(11-14)19(22)21-10-4-9-18(21)15-6-3-8-17(20)12-15/h2-3,5-8,11-12,18H,4,9-10,13H2,1H3/t18-,24+/m0/s1. The normalized spacial score (nSPS) is 18.6. The SMILES string of the molecule is C[S@@](=O)Cc1cccc(C(=O)N2CCC[C@H]2c2cccc(Br)c2)c1. The predicted octanol–water partition coefficient (Wildman–Crippen LogP) is 4.30. The molecule has 0 radical (unpaired) electrons. The number of benzene rings is 2. The van der Waals surface area contributed by atoms with Crippen LogP contribution < -0.4 is 0 Å². The fourth-order valence-corrected chi connectivity index (χ4v) is 4.33. The molecule has 1 heterocycles. The fourth-order valence-electron chi connectivity index (χ4n) is 3.26. The van der Waals surface area contributed by atoms with Crippen molar-refractivity contribution in [1.29, 1.82) is 0 Å².